The minimum atomic E-state index is -0.438. The number of pyridine rings is 2. The van der Waals surface area contributed by atoms with Crippen molar-refractivity contribution in [3.63, 3.8) is 0 Å². The smallest absolute Gasteiger partial charge is 0.311 e. The summed E-state index contributed by atoms with van der Waals surface area (Å²) in [6.07, 6.45) is 3.46. The maximum atomic E-state index is 11.3. The molecule has 9 nitrogen and oxygen atoms in total. The summed E-state index contributed by atoms with van der Waals surface area (Å²) in [5.74, 6) is 1.46. The molecule has 0 aliphatic carbocycles. The zero-order chi connectivity index (χ0) is 20.8. The summed E-state index contributed by atoms with van der Waals surface area (Å²) in [6, 6.07) is 14.7. The van der Waals surface area contributed by atoms with E-state index < -0.39 is 4.92 Å². The number of hydrogen-bond donors (Lipinski definition) is 3. The fourth-order valence-electron chi connectivity index (χ4n) is 2.84. The van der Waals surface area contributed by atoms with Crippen LogP contribution in [0.3, 0.4) is 0 Å². The van der Waals surface area contributed by atoms with Gasteiger partial charge in [-0.05, 0) is 29.8 Å². The molecule has 0 fully saturated rings. The number of hydrogen-bond acceptors (Lipinski definition) is 8. The lowest BCUT2D eigenvalue weighted by atomic mass is 10.3. The SMILES string of the molecule is O=[N+]([O-])c1ccc(NCc2cccnc2)nc1NCCSc1nc2ccccc2[nH]1. The van der Waals surface area contributed by atoms with E-state index >= 15 is 0 Å². The highest BCUT2D eigenvalue weighted by Gasteiger charge is 2.16. The molecule has 0 unspecified atom stereocenters. The Morgan fingerprint density at radius 3 is 2.77 bits per heavy atom. The average Bonchev–Trinajstić information content (AvgIpc) is 3.19. The van der Waals surface area contributed by atoms with Crippen molar-refractivity contribution in [1.29, 1.82) is 0 Å². The number of rotatable bonds is 9. The predicted octanol–water partition coefficient (Wildman–Crippen LogP) is 4.08. The summed E-state index contributed by atoms with van der Waals surface area (Å²) in [5.41, 5.74) is 2.83. The van der Waals surface area contributed by atoms with E-state index in [1.807, 2.05) is 36.4 Å². The number of benzene rings is 1. The van der Waals surface area contributed by atoms with Gasteiger partial charge in [-0.15, -0.1) is 0 Å². The van der Waals surface area contributed by atoms with Gasteiger partial charge in [-0.1, -0.05) is 30.0 Å². The van der Waals surface area contributed by atoms with Crippen LogP contribution in [-0.2, 0) is 6.54 Å². The van der Waals surface area contributed by atoms with Crippen LogP contribution in [0, 0.1) is 10.1 Å². The Labute approximate surface area is 176 Å². The summed E-state index contributed by atoms with van der Waals surface area (Å²) in [7, 11) is 0. The molecule has 4 aromatic rings. The van der Waals surface area contributed by atoms with Crippen LogP contribution < -0.4 is 10.6 Å². The molecule has 4 rings (SSSR count). The second kappa shape index (κ2) is 9.23. The van der Waals surface area contributed by atoms with E-state index in [1.54, 1.807) is 30.2 Å². The van der Waals surface area contributed by atoms with Crippen LogP contribution in [0.2, 0.25) is 0 Å². The van der Waals surface area contributed by atoms with E-state index in [4.69, 9.17) is 0 Å². The summed E-state index contributed by atoms with van der Waals surface area (Å²) in [4.78, 5) is 27.1. The third kappa shape index (κ3) is 4.84. The number of aromatic amines is 1. The lowest BCUT2D eigenvalue weighted by Gasteiger charge is -2.09. The van der Waals surface area contributed by atoms with Gasteiger partial charge in [0.05, 0.1) is 16.0 Å². The standard InChI is InChI=1S/C20H19N7O2S/c28-27(29)17-7-8-18(23-13-14-4-3-9-21-12-14)26-19(17)22-10-11-30-20-24-15-5-1-2-6-16(15)25-20/h1-9,12H,10-11,13H2,(H,24,25)(H2,22,23,26). The Morgan fingerprint density at radius 2 is 1.97 bits per heavy atom. The highest BCUT2D eigenvalue weighted by molar-refractivity contribution is 7.99. The molecule has 0 saturated heterocycles. The van der Waals surface area contributed by atoms with Crippen molar-refractivity contribution >= 4 is 40.1 Å². The number of anilines is 2. The van der Waals surface area contributed by atoms with Crippen LogP contribution in [0.5, 0.6) is 0 Å². The van der Waals surface area contributed by atoms with Crippen molar-refractivity contribution in [2.24, 2.45) is 0 Å². The van der Waals surface area contributed by atoms with E-state index in [-0.39, 0.29) is 11.5 Å². The maximum absolute atomic E-state index is 11.3. The largest absolute Gasteiger partial charge is 0.366 e. The molecular formula is C20H19N7O2S. The van der Waals surface area contributed by atoms with E-state index in [1.165, 1.54) is 6.07 Å². The first-order valence-corrected chi connectivity index (χ1v) is 10.3. The first kappa shape index (κ1) is 19.6. The molecule has 10 heteroatoms. The Hall–Kier alpha value is -3.66. The quantitative estimate of drug-likeness (QED) is 0.160. The summed E-state index contributed by atoms with van der Waals surface area (Å²) in [6.45, 7) is 1.03. The predicted molar refractivity (Wildman–Crippen MR) is 118 cm³/mol. The topological polar surface area (TPSA) is 122 Å². The summed E-state index contributed by atoms with van der Waals surface area (Å²) < 4.78 is 0. The molecule has 30 heavy (non-hydrogen) atoms. The molecule has 0 radical (unpaired) electrons. The zero-order valence-corrected chi connectivity index (χ0v) is 16.7. The van der Waals surface area contributed by atoms with Gasteiger partial charge in [0.25, 0.3) is 0 Å². The Kier molecular flexibility index (Phi) is 6.04. The molecule has 0 saturated carbocycles. The average molecular weight is 421 g/mol. The zero-order valence-electron chi connectivity index (χ0n) is 15.9. The molecule has 3 heterocycles. The molecule has 0 spiro atoms. The first-order valence-electron chi connectivity index (χ1n) is 9.29. The number of para-hydroxylation sites is 2. The molecule has 1 aromatic carbocycles. The van der Waals surface area contributed by atoms with E-state index in [9.17, 15) is 10.1 Å². The van der Waals surface area contributed by atoms with Gasteiger partial charge in [-0.3, -0.25) is 15.1 Å². The van der Waals surface area contributed by atoms with Gasteiger partial charge in [-0.25, -0.2) is 9.97 Å². The van der Waals surface area contributed by atoms with Crippen molar-refractivity contribution < 1.29 is 4.92 Å². The fraction of sp³-hybridized carbons (Fsp3) is 0.150. The van der Waals surface area contributed by atoms with E-state index in [0.29, 0.717) is 24.7 Å². The third-order valence-corrected chi connectivity index (χ3v) is 5.14. The Bertz CT molecular complexity index is 1120. The minimum absolute atomic E-state index is 0.0596. The van der Waals surface area contributed by atoms with Crippen LogP contribution in [0.1, 0.15) is 5.56 Å². The van der Waals surface area contributed by atoms with Crippen molar-refractivity contribution in [2.75, 3.05) is 22.9 Å². The number of aromatic nitrogens is 4. The van der Waals surface area contributed by atoms with Gasteiger partial charge in [-0.2, -0.15) is 0 Å². The lowest BCUT2D eigenvalue weighted by Crippen LogP contribution is -2.10. The van der Waals surface area contributed by atoms with E-state index in [0.717, 1.165) is 21.8 Å². The van der Waals surface area contributed by atoms with Crippen molar-refractivity contribution in [2.45, 2.75) is 11.7 Å². The second-order valence-corrected chi connectivity index (χ2v) is 7.45. The molecule has 0 aliphatic heterocycles. The number of nitro groups is 1. The number of nitrogens with one attached hydrogen (secondary N) is 3. The minimum Gasteiger partial charge on any atom is -0.366 e. The van der Waals surface area contributed by atoms with Gasteiger partial charge in [0.1, 0.15) is 5.82 Å². The van der Waals surface area contributed by atoms with Gasteiger partial charge in [0.15, 0.2) is 5.16 Å². The highest BCUT2D eigenvalue weighted by atomic mass is 32.2. The summed E-state index contributed by atoms with van der Waals surface area (Å²) in [5, 5.41) is 18.4. The van der Waals surface area contributed by atoms with Crippen molar-refractivity contribution in [3.8, 4) is 0 Å². The Morgan fingerprint density at radius 1 is 1.07 bits per heavy atom. The van der Waals surface area contributed by atoms with Crippen LogP contribution in [0.25, 0.3) is 11.0 Å². The van der Waals surface area contributed by atoms with Gasteiger partial charge >= 0.3 is 5.69 Å². The van der Waals surface area contributed by atoms with Gasteiger partial charge < -0.3 is 15.6 Å². The fourth-order valence-corrected chi connectivity index (χ4v) is 3.58. The van der Waals surface area contributed by atoms with Crippen molar-refractivity contribution in [1.82, 2.24) is 19.9 Å². The normalized spacial score (nSPS) is 10.8. The number of fused-ring (bicyclic) bond motifs is 1. The molecule has 3 N–H and O–H groups in total. The molecule has 0 atom stereocenters. The Balaban J connectivity index is 1.36. The third-order valence-electron chi connectivity index (χ3n) is 4.27. The maximum Gasteiger partial charge on any atom is 0.311 e. The van der Waals surface area contributed by atoms with Gasteiger partial charge in [0.2, 0.25) is 5.82 Å². The number of H-pyrrole nitrogens is 1. The molecular weight excluding hydrogens is 402 g/mol. The summed E-state index contributed by atoms with van der Waals surface area (Å²) >= 11 is 1.54. The first-order chi connectivity index (χ1) is 14.7. The number of nitrogens with zero attached hydrogens (tertiary/aromatic N) is 4. The second-order valence-electron chi connectivity index (χ2n) is 6.37. The lowest BCUT2D eigenvalue weighted by molar-refractivity contribution is -0.384. The monoisotopic (exact) mass is 421 g/mol. The number of thioether (sulfide) groups is 1. The molecule has 0 aliphatic rings. The molecule has 0 amide bonds. The van der Waals surface area contributed by atoms with Gasteiger partial charge in [0, 0.05) is 37.3 Å². The molecule has 152 valence electrons. The van der Waals surface area contributed by atoms with Crippen LogP contribution in [0.15, 0.2) is 66.1 Å². The number of imidazole rings is 1. The highest BCUT2D eigenvalue weighted by Crippen LogP contribution is 2.25. The molecule has 3 aromatic heterocycles. The van der Waals surface area contributed by atoms with Crippen LogP contribution in [-0.4, -0.2) is 37.2 Å². The molecule has 0 bridgehead atoms. The van der Waals surface area contributed by atoms with Crippen molar-refractivity contribution in [3.05, 3.63) is 76.6 Å². The van der Waals surface area contributed by atoms with Crippen LogP contribution in [0.4, 0.5) is 17.3 Å². The van der Waals surface area contributed by atoms with Crippen LogP contribution >= 0.6 is 11.8 Å². The van der Waals surface area contributed by atoms with E-state index in [2.05, 4.69) is 30.6 Å².